The minimum atomic E-state index is -0.973. The molecule has 2 aromatic carbocycles. The third-order valence-corrected chi connectivity index (χ3v) is 8.02. The largest absolute Gasteiger partial charge is 0.504 e. The number of aromatic hydroxyl groups is 1. The second kappa shape index (κ2) is 12.5. The average Bonchev–Trinajstić information content (AvgIpc) is 2.99. The normalized spacial score (nSPS) is 17.9. The van der Waals surface area contributed by atoms with Gasteiger partial charge in [0.05, 0.1) is 6.61 Å². The molecule has 2 atom stereocenters. The van der Waals surface area contributed by atoms with Gasteiger partial charge in [-0.1, -0.05) is 60.7 Å². The zero-order chi connectivity index (χ0) is 31.6. The monoisotopic (exact) mass is 620 g/mol. The number of β-lactam (4-membered cyclic amide) rings is 1. The van der Waals surface area contributed by atoms with Gasteiger partial charge in [-0.2, -0.15) is 0 Å². The molecule has 0 aliphatic carbocycles. The Morgan fingerprint density at radius 1 is 1.07 bits per heavy atom. The first-order valence-corrected chi connectivity index (χ1v) is 15.0. The zero-order valence-corrected chi connectivity index (χ0v) is 25.4. The first kappa shape index (κ1) is 30.7. The maximum atomic E-state index is 14.1. The number of carbonyl (C=O) groups excluding carboxylic acids is 3. The number of rotatable bonds is 8. The van der Waals surface area contributed by atoms with Crippen LogP contribution in [0.4, 0.5) is 4.79 Å². The highest BCUT2D eigenvalue weighted by atomic mass is 32.2. The smallest absolute Gasteiger partial charge is 0.408 e. The molecule has 2 amide bonds. The molecule has 3 heterocycles. The van der Waals surface area contributed by atoms with Gasteiger partial charge in [0.1, 0.15) is 28.5 Å². The lowest BCUT2D eigenvalue weighted by atomic mass is 10.00. The Hall–Kier alpha value is -4.71. The van der Waals surface area contributed by atoms with Crippen molar-refractivity contribution in [2.24, 2.45) is 0 Å². The number of benzene rings is 2. The maximum Gasteiger partial charge on any atom is 0.408 e. The van der Waals surface area contributed by atoms with E-state index < -0.39 is 52.5 Å². The summed E-state index contributed by atoms with van der Waals surface area (Å²) in [5.41, 5.74) is -0.337. The summed E-state index contributed by atoms with van der Waals surface area (Å²) in [7, 11) is 0. The molecule has 3 aromatic rings. The average molecular weight is 621 g/mol. The van der Waals surface area contributed by atoms with Crippen LogP contribution in [-0.2, 0) is 19.1 Å². The highest BCUT2D eigenvalue weighted by molar-refractivity contribution is 8.00. The lowest BCUT2D eigenvalue weighted by molar-refractivity contribution is -0.153. The summed E-state index contributed by atoms with van der Waals surface area (Å²) in [6.45, 7) is 6.88. The topological polar surface area (TPSA) is 145 Å². The molecule has 2 aliphatic rings. The third kappa shape index (κ3) is 6.30. The van der Waals surface area contributed by atoms with Gasteiger partial charge in [0, 0.05) is 17.4 Å². The fourth-order valence-electron chi connectivity index (χ4n) is 4.87. The summed E-state index contributed by atoms with van der Waals surface area (Å²) in [5.74, 6) is -2.31. The second-order valence-corrected chi connectivity index (χ2v) is 12.1. The SMILES string of the molecule is CCOc1c(O)cc(C2=C(C(=O)OC(c3ccccc3)c3ccccc3)N3C(=O)C(NC(=O)OC(C)(C)C)C3SC2)oc1=O. The summed E-state index contributed by atoms with van der Waals surface area (Å²) in [6.07, 6.45) is -1.61. The molecule has 5 rings (SSSR count). The molecule has 0 saturated carbocycles. The summed E-state index contributed by atoms with van der Waals surface area (Å²) in [6, 6.07) is 18.4. The molecule has 2 N–H and O–H groups in total. The fraction of sp³-hybridized carbons (Fsp3) is 0.312. The fourth-order valence-corrected chi connectivity index (χ4v) is 6.23. The Balaban J connectivity index is 1.55. The molecule has 230 valence electrons. The molecule has 0 bridgehead atoms. The molecule has 44 heavy (non-hydrogen) atoms. The van der Waals surface area contributed by atoms with Crippen LogP contribution < -0.4 is 15.7 Å². The van der Waals surface area contributed by atoms with Crippen molar-refractivity contribution < 1.29 is 38.1 Å². The van der Waals surface area contributed by atoms with E-state index in [4.69, 9.17) is 18.6 Å². The number of amides is 2. The third-order valence-electron chi connectivity index (χ3n) is 6.74. The first-order valence-electron chi connectivity index (χ1n) is 14.0. The van der Waals surface area contributed by atoms with E-state index in [0.29, 0.717) is 11.1 Å². The zero-order valence-electron chi connectivity index (χ0n) is 24.6. The molecule has 0 radical (unpaired) electrons. The second-order valence-electron chi connectivity index (χ2n) is 11.0. The minimum Gasteiger partial charge on any atom is -0.504 e. The first-order chi connectivity index (χ1) is 21.0. The number of carbonyl (C=O) groups is 3. The van der Waals surface area contributed by atoms with Gasteiger partial charge in [0.25, 0.3) is 5.91 Å². The molecule has 0 spiro atoms. The van der Waals surface area contributed by atoms with Crippen molar-refractivity contribution >= 4 is 35.3 Å². The number of hydrogen-bond acceptors (Lipinski definition) is 10. The van der Waals surface area contributed by atoms with E-state index in [9.17, 15) is 24.3 Å². The van der Waals surface area contributed by atoms with Crippen LogP contribution in [0.25, 0.3) is 5.57 Å². The van der Waals surface area contributed by atoms with E-state index in [1.807, 2.05) is 60.7 Å². The van der Waals surface area contributed by atoms with Crippen molar-refractivity contribution in [3.8, 4) is 11.5 Å². The van der Waals surface area contributed by atoms with Crippen molar-refractivity contribution in [2.75, 3.05) is 12.4 Å². The number of fused-ring (bicyclic) bond motifs is 1. The van der Waals surface area contributed by atoms with E-state index in [2.05, 4.69) is 5.32 Å². The van der Waals surface area contributed by atoms with E-state index in [-0.39, 0.29) is 35.1 Å². The molecular weight excluding hydrogens is 588 g/mol. The van der Waals surface area contributed by atoms with Crippen molar-refractivity contribution in [1.82, 2.24) is 10.2 Å². The Labute approximate surface area is 257 Å². The van der Waals surface area contributed by atoms with Gasteiger partial charge in [-0.05, 0) is 38.8 Å². The van der Waals surface area contributed by atoms with Crippen LogP contribution >= 0.6 is 11.8 Å². The Morgan fingerprint density at radius 3 is 2.23 bits per heavy atom. The van der Waals surface area contributed by atoms with Gasteiger partial charge in [-0.15, -0.1) is 11.8 Å². The van der Waals surface area contributed by atoms with Crippen LogP contribution in [0.3, 0.4) is 0 Å². The van der Waals surface area contributed by atoms with Crippen LogP contribution in [-0.4, -0.2) is 57.4 Å². The minimum absolute atomic E-state index is 0.0864. The van der Waals surface area contributed by atoms with E-state index in [1.165, 1.54) is 22.7 Å². The van der Waals surface area contributed by atoms with Gasteiger partial charge in [0.2, 0.25) is 5.75 Å². The molecular formula is C32H32N2O9S. The summed E-state index contributed by atoms with van der Waals surface area (Å²) >= 11 is 1.24. The quantitative estimate of drug-likeness (QED) is 0.271. The highest BCUT2D eigenvalue weighted by Crippen LogP contribution is 2.45. The van der Waals surface area contributed by atoms with Crippen molar-refractivity contribution in [3.63, 3.8) is 0 Å². The summed E-state index contributed by atoms with van der Waals surface area (Å²) in [5, 5.41) is 12.5. The van der Waals surface area contributed by atoms with Gasteiger partial charge in [0.15, 0.2) is 11.9 Å². The predicted octanol–water partition coefficient (Wildman–Crippen LogP) is 4.60. The van der Waals surface area contributed by atoms with Crippen LogP contribution in [0.2, 0.25) is 0 Å². The van der Waals surface area contributed by atoms with Gasteiger partial charge in [-0.25, -0.2) is 14.4 Å². The number of ether oxygens (including phenoxy) is 3. The van der Waals surface area contributed by atoms with Crippen LogP contribution in [0.15, 0.2) is 81.6 Å². The summed E-state index contributed by atoms with van der Waals surface area (Å²) in [4.78, 5) is 54.1. The van der Waals surface area contributed by atoms with Crippen molar-refractivity contribution in [1.29, 1.82) is 0 Å². The van der Waals surface area contributed by atoms with Crippen molar-refractivity contribution in [2.45, 2.75) is 50.8 Å². The number of esters is 1. The number of nitrogens with zero attached hydrogens (tertiary/aromatic N) is 1. The number of nitrogens with one attached hydrogen (secondary N) is 1. The molecule has 12 heteroatoms. The Bertz CT molecular complexity index is 1610. The van der Waals surface area contributed by atoms with E-state index in [0.717, 1.165) is 0 Å². The van der Waals surface area contributed by atoms with Crippen LogP contribution in [0.1, 0.15) is 50.7 Å². The summed E-state index contributed by atoms with van der Waals surface area (Å²) < 4.78 is 22.1. The Morgan fingerprint density at radius 2 is 1.68 bits per heavy atom. The number of hydrogen-bond donors (Lipinski definition) is 2. The molecule has 1 aromatic heterocycles. The molecule has 1 saturated heterocycles. The lowest BCUT2D eigenvalue weighted by Crippen LogP contribution is -2.70. The van der Waals surface area contributed by atoms with Gasteiger partial charge >= 0.3 is 17.7 Å². The van der Waals surface area contributed by atoms with Gasteiger partial charge < -0.3 is 29.1 Å². The highest BCUT2D eigenvalue weighted by Gasteiger charge is 2.55. The number of thioether (sulfide) groups is 1. The lowest BCUT2D eigenvalue weighted by Gasteiger charge is -2.49. The van der Waals surface area contributed by atoms with E-state index in [1.54, 1.807) is 27.7 Å². The molecule has 1 fully saturated rings. The van der Waals surface area contributed by atoms with Crippen LogP contribution in [0.5, 0.6) is 11.5 Å². The molecule has 11 nitrogen and oxygen atoms in total. The van der Waals surface area contributed by atoms with E-state index >= 15 is 0 Å². The number of alkyl carbamates (subject to hydrolysis) is 1. The molecule has 2 unspecified atom stereocenters. The molecule has 2 aliphatic heterocycles. The Kier molecular flexibility index (Phi) is 8.73. The van der Waals surface area contributed by atoms with Gasteiger partial charge in [-0.3, -0.25) is 9.69 Å². The van der Waals surface area contributed by atoms with Crippen molar-refractivity contribution in [3.05, 3.63) is 99.7 Å². The predicted molar refractivity (Wildman–Crippen MR) is 162 cm³/mol. The van der Waals surface area contributed by atoms with Crippen LogP contribution in [0, 0.1) is 0 Å². The standard InChI is InChI=1S/C32H32N2O9S/c1-5-40-26-21(35)16-22(41-30(26)38)20-17-44-28-23(33-31(39)43-32(2,3)4)27(36)34(28)24(20)29(37)42-25(18-12-8-6-9-13-18)19-14-10-7-11-15-19/h6-16,23,25,28,35H,5,17H2,1-4H3,(H,33,39). The maximum absolute atomic E-state index is 14.1.